The highest BCUT2D eigenvalue weighted by Crippen LogP contribution is 2.19. The highest BCUT2D eigenvalue weighted by molar-refractivity contribution is 6.14. The molecular formula is C19H14O2. The van der Waals surface area contributed by atoms with Crippen LogP contribution in [0.15, 0.2) is 72.8 Å². The van der Waals surface area contributed by atoms with Gasteiger partial charge in [0.15, 0.2) is 5.78 Å². The maximum Gasteiger partial charge on any atom is 0.186 e. The Morgan fingerprint density at radius 2 is 1.57 bits per heavy atom. The molecule has 0 radical (unpaired) electrons. The maximum atomic E-state index is 12.4. The monoisotopic (exact) mass is 274 g/mol. The van der Waals surface area contributed by atoms with Crippen LogP contribution >= 0.6 is 0 Å². The molecule has 0 fully saturated rings. The third-order valence-electron chi connectivity index (χ3n) is 3.38. The highest BCUT2D eigenvalue weighted by Gasteiger charge is 2.06. The molecule has 3 rings (SSSR count). The fourth-order valence-electron chi connectivity index (χ4n) is 2.29. The van der Waals surface area contributed by atoms with Gasteiger partial charge in [-0.2, -0.15) is 0 Å². The van der Waals surface area contributed by atoms with Crippen LogP contribution in [-0.4, -0.2) is 10.9 Å². The number of hydrogen-bond donors (Lipinski definition) is 1. The summed E-state index contributed by atoms with van der Waals surface area (Å²) in [6.07, 6.45) is 3.32. The van der Waals surface area contributed by atoms with Crippen LogP contribution in [0.5, 0.6) is 5.75 Å². The topological polar surface area (TPSA) is 37.3 Å². The van der Waals surface area contributed by atoms with E-state index in [1.807, 2.05) is 42.5 Å². The lowest BCUT2D eigenvalue weighted by molar-refractivity contribution is 0.104. The average molecular weight is 274 g/mol. The Balaban J connectivity index is 1.92. The van der Waals surface area contributed by atoms with Crippen molar-refractivity contribution in [3.05, 3.63) is 83.9 Å². The summed E-state index contributed by atoms with van der Waals surface area (Å²) in [7, 11) is 0. The van der Waals surface area contributed by atoms with Gasteiger partial charge in [-0.25, -0.2) is 0 Å². The first kappa shape index (κ1) is 13.1. The Bertz CT molecular complexity index is 809. The zero-order valence-electron chi connectivity index (χ0n) is 11.4. The number of carbonyl (C=O) groups is 1. The van der Waals surface area contributed by atoms with Crippen molar-refractivity contribution in [3.8, 4) is 5.75 Å². The Hall–Kier alpha value is -2.87. The number of allylic oxidation sites excluding steroid dienone is 1. The van der Waals surface area contributed by atoms with Crippen molar-refractivity contribution in [2.45, 2.75) is 0 Å². The van der Waals surface area contributed by atoms with Crippen molar-refractivity contribution in [3.63, 3.8) is 0 Å². The van der Waals surface area contributed by atoms with Gasteiger partial charge in [-0.3, -0.25) is 4.79 Å². The number of rotatable bonds is 3. The minimum Gasteiger partial charge on any atom is -0.508 e. The second-order valence-corrected chi connectivity index (χ2v) is 4.82. The molecule has 3 aromatic rings. The summed E-state index contributed by atoms with van der Waals surface area (Å²) in [6, 6.07) is 20.3. The predicted molar refractivity (Wildman–Crippen MR) is 85.4 cm³/mol. The fourth-order valence-corrected chi connectivity index (χ4v) is 2.29. The van der Waals surface area contributed by atoms with Crippen LogP contribution in [0.4, 0.5) is 0 Å². The molecule has 0 bridgehead atoms. The second-order valence-electron chi connectivity index (χ2n) is 4.82. The molecule has 0 amide bonds. The zero-order chi connectivity index (χ0) is 14.7. The first-order chi connectivity index (χ1) is 10.2. The van der Waals surface area contributed by atoms with Gasteiger partial charge in [0.1, 0.15) is 5.75 Å². The molecule has 0 aliphatic rings. The molecule has 0 spiro atoms. The van der Waals surface area contributed by atoms with Crippen LogP contribution < -0.4 is 0 Å². The van der Waals surface area contributed by atoms with E-state index in [-0.39, 0.29) is 11.5 Å². The second kappa shape index (κ2) is 5.63. The molecule has 1 N–H and O–H groups in total. The van der Waals surface area contributed by atoms with Crippen LogP contribution in [-0.2, 0) is 0 Å². The van der Waals surface area contributed by atoms with E-state index < -0.39 is 0 Å². The summed E-state index contributed by atoms with van der Waals surface area (Å²) >= 11 is 0. The third-order valence-corrected chi connectivity index (χ3v) is 3.38. The number of phenols is 1. The Labute approximate surface area is 123 Å². The quantitative estimate of drug-likeness (QED) is 0.566. The van der Waals surface area contributed by atoms with Crippen LogP contribution in [0, 0.1) is 0 Å². The summed E-state index contributed by atoms with van der Waals surface area (Å²) in [4.78, 5) is 12.4. The van der Waals surface area contributed by atoms with Crippen LogP contribution in [0.3, 0.4) is 0 Å². The molecule has 0 aliphatic heterocycles. The van der Waals surface area contributed by atoms with E-state index in [0.29, 0.717) is 5.56 Å². The minimum atomic E-state index is -0.0279. The Morgan fingerprint density at radius 1 is 0.857 bits per heavy atom. The van der Waals surface area contributed by atoms with Crippen LogP contribution in [0.2, 0.25) is 0 Å². The van der Waals surface area contributed by atoms with Gasteiger partial charge in [0.25, 0.3) is 0 Å². The van der Waals surface area contributed by atoms with E-state index in [1.165, 1.54) is 0 Å². The SMILES string of the molecule is O=C(/C=C/c1ccc(O)cc1)c1cccc2ccccc12. The summed E-state index contributed by atoms with van der Waals surface area (Å²) in [5.74, 6) is 0.187. The Kier molecular flexibility index (Phi) is 3.52. The summed E-state index contributed by atoms with van der Waals surface area (Å²) in [5, 5.41) is 11.3. The molecule has 0 atom stereocenters. The van der Waals surface area contributed by atoms with Crippen LogP contribution in [0.1, 0.15) is 15.9 Å². The third kappa shape index (κ3) is 2.84. The Morgan fingerprint density at radius 3 is 2.38 bits per heavy atom. The van der Waals surface area contributed by atoms with Gasteiger partial charge in [-0.1, -0.05) is 60.7 Å². The summed E-state index contributed by atoms with van der Waals surface area (Å²) in [6.45, 7) is 0. The number of hydrogen-bond acceptors (Lipinski definition) is 2. The smallest absolute Gasteiger partial charge is 0.186 e. The lowest BCUT2D eigenvalue weighted by atomic mass is 10.0. The number of phenolic OH excluding ortho intramolecular Hbond substituents is 1. The first-order valence-electron chi connectivity index (χ1n) is 6.73. The van der Waals surface area contributed by atoms with Crippen molar-refractivity contribution in [2.75, 3.05) is 0 Å². The standard InChI is InChI=1S/C19H14O2/c20-16-11-8-14(9-12-16)10-13-19(21)18-7-3-5-15-4-1-2-6-17(15)18/h1-13,20H/b13-10+. The molecule has 3 aromatic carbocycles. The summed E-state index contributed by atoms with van der Waals surface area (Å²) < 4.78 is 0. The molecule has 0 heterocycles. The van der Waals surface area contributed by atoms with Gasteiger partial charge >= 0.3 is 0 Å². The number of aromatic hydroxyl groups is 1. The maximum absolute atomic E-state index is 12.4. The van der Waals surface area contributed by atoms with Gasteiger partial charge < -0.3 is 5.11 Å². The number of ketones is 1. The van der Waals surface area contributed by atoms with E-state index in [0.717, 1.165) is 16.3 Å². The molecule has 0 unspecified atom stereocenters. The first-order valence-corrected chi connectivity index (χ1v) is 6.73. The molecule has 21 heavy (non-hydrogen) atoms. The van der Waals surface area contributed by atoms with Crippen molar-refractivity contribution < 1.29 is 9.90 Å². The normalized spacial score (nSPS) is 11.0. The largest absolute Gasteiger partial charge is 0.508 e. The van der Waals surface area contributed by atoms with Crippen molar-refractivity contribution in [1.82, 2.24) is 0 Å². The zero-order valence-corrected chi connectivity index (χ0v) is 11.4. The van der Waals surface area contributed by atoms with Crippen molar-refractivity contribution >= 4 is 22.6 Å². The van der Waals surface area contributed by atoms with Gasteiger partial charge in [0, 0.05) is 5.56 Å². The lowest BCUT2D eigenvalue weighted by Crippen LogP contribution is -1.95. The molecule has 0 aliphatic carbocycles. The van der Waals surface area contributed by atoms with E-state index in [9.17, 15) is 9.90 Å². The fraction of sp³-hybridized carbons (Fsp3) is 0. The summed E-state index contributed by atoms with van der Waals surface area (Å²) in [5.41, 5.74) is 1.57. The van der Waals surface area contributed by atoms with Crippen molar-refractivity contribution in [1.29, 1.82) is 0 Å². The number of fused-ring (bicyclic) bond motifs is 1. The van der Waals surface area contributed by atoms with Crippen LogP contribution in [0.25, 0.3) is 16.8 Å². The van der Waals surface area contributed by atoms with Gasteiger partial charge in [-0.15, -0.1) is 0 Å². The number of benzene rings is 3. The molecule has 0 aromatic heterocycles. The van der Waals surface area contributed by atoms with Crippen molar-refractivity contribution in [2.24, 2.45) is 0 Å². The van der Waals surface area contributed by atoms with E-state index >= 15 is 0 Å². The molecular weight excluding hydrogens is 260 g/mol. The number of carbonyl (C=O) groups excluding carboxylic acids is 1. The molecule has 2 heteroatoms. The van der Waals surface area contributed by atoms with Gasteiger partial charge in [0.05, 0.1) is 0 Å². The molecule has 2 nitrogen and oxygen atoms in total. The van der Waals surface area contributed by atoms with E-state index in [2.05, 4.69) is 0 Å². The molecule has 102 valence electrons. The van der Waals surface area contributed by atoms with Gasteiger partial charge in [0.2, 0.25) is 0 Å². The molecule has 0 saturated carbocycles. The highest BCUT2D eigenvalue weighted by atomic mass is 16.3. The lowest BCUT2D eigenvalue weighted by Gasteiger charge is -2.02. The molecule has 0 saturated heterocycles. The van der Waals surface area contributed by atoms with Gasteiger partial charge in [-0.05, 0) is 34.5 Å². The van der Waals surface area contributed by atoms with E-state index in [4.69, 9.17) is 0 Å². The van der Waals surface area contributed by atoms with E-state index in [1.54, 1.807) is 36.4 Å². The predicted octanol–water partition coefficient (Wildman–Crippen LogP) is 4.44. The average Bonchev–Trinajstić information content (AvgIpc) is 2.53. The minimum absolute atomic E-state index is 0.0279.